The van der Waals surface area contributed by atoms with Crippen LogP contribution >= 0.6 is 22.6 Å². The number of benzene rings is 1. The fraction of sp³-hybridized carbons (Fsp3) is 0.300. The zero-order valence-corrected chi connectivity index (χ0v) is 10.4. The van der Waals surface area contributed by atoms with Gasteiger partial charge in [0.1, 0.15) is 18.5 Å². The van der Waals surface area contributed by atoms with Gasteiger partial charge in [0.05, 0.1) is 0 Å². The van der Waals surface area contributed by atoms with Crippen molar-refractivity contribution < 1.29 is 14.3 Å². The second-order valence-electron chi connectivity index (χ2n) is 3.01. The highest BCUT2D eigenvalue weighted by atomic mass is 127. The van der Waals surface area contributed by atoms with Gasteiger partial charge < -0.3 is 15.2 Å². The third-order valence-corrected chi connectivity index (χ3v) is 2.33. The lowest BCUT2D eigenvalue weighted by Crippen LogP contribution is -2.25. The molecular formula is C10H12INO3. The summed E-state index contributed by atoms with van der Waals surface area (Å²) >= 11 is 2.21. The molecule has 4 nitrogen and oxygen atoms in total. The Morgan fingerprint density at radius 2 is 2.07 bits per heavy atom. The van der Waals surface area contributed by atoms with Crippen LogP contribution in [0.25, 0.3) is 0 Å². The Bertz CT molecular complexity index is 326. The van der Waals surface area contributed by atoms with Crippen LogP contribution in [-0.4, -0.2) is 18.8 Å². The molecule has 0 spiro atoms. The quantitative estimate of drug-likeness (QED) is 0.865. The Balaban J connectivity index is 2.36. The average molecular weight is 321 g/mol. The van der Waals surface area contributed by atoms with Crippen LogP contribution in [0.1, 0.15) is 6.92 Å². The first-order valence-corrected chi connectivity index (χ1v) is 5.50. The molecule has 1 atom stereocenters. The van der Waals surface area contributed by atoms with Crippen molar-refractivity contribution in [3.63, 3.8) is 0 Å². The van der Waals surface area contributed by atoms with E-state index in [0.717, 1.165) is 9.32 Å². The largest absolute Gasteiger partial charge is 0.490 e. The van der Waals surface area contributed by atoms with Gasteiger partial charge in [-0.1, -0.05) is 0 Å². The van der Waals surface area contributed by atoms with Crippen molar-refractivity contribution in [2.75, 3.05) is 6.61 Å². The minimum atomic E-state index is -0.784. The molecule has 1 unspecified atom stereocenters. The Kier molecular flexibility index (Phi) is 4.67. The summed E-state index contributed by atoms with van der Waals surface area (Å²) in [5.74, 6) is 0.746. The molecule has 0 aliphatic rings. The maximum absolute atomic E-state index is 10.4. The van der Waals surface area contributed by atoms with Gasteiger partial charge in [0.2, 0.25) is 0 Å². The third kappa shape index (κ3) is 4.87. The Labute approximate surface area is 102 Å². The van der Waals surface area contributed by atoms with E-state index in [-0.39, 0.29) is 6.10 Å². The fourth-order valence-electron chi connectivity index (χ4n) is 0.977. The molecule has 0 saturated heterocycles. The van der Waals surface area contributed by atoms with Gasteiger partial charge >= 0.3 is 6.09 Å². The first kappa shape index (κ1) is 12.1. The molecule has 0 aliphatic carbocycles. The summed E-state index contributed by atoms with van der Waals surface area (Å²) < 4.78 is 11.2. The van der Waals surface area contributed by atoms with E-state index >= 15 is 0 Å². The molecule has 0 aromatic heterocycles. The minimum absolute atomic E-state index is 0.295. The highest BCUT2D eigenvalue weighted by Crippen LogP contribution is 2.13. The number of nitrogens with two attached hydrogens (primary N) is 1. The topological polar surface area (TPSA) is 61.6 Å². The average Bonchev–Trinajstić information content (AvgIpc) is 2.16. The molecule has 0 saturated carbocycles. The van der Waals surface area contributed by atoms with Crippen molar-refractivity contribution in [2.45, 2.75) is 13.0 Å². The highest BCUT2D eigenvalue weighted by molar-refractivity contribution is 14.1. The van der Waals surface area contributed by atoms with Crippen molar-refractivity contribution in [1.29, 1.82) is 0 Å². The minimum Gasteiger partial charge on any atom is -0.490 e. The number of hydrogen-bond donors (Lipinski definition) is 1. The second kappa shape index (κ2) is 5.79. The standard InChI is InChI=1S/C10H12INO3/c1-7(15-10(12)13)6-14-9-4-2-8(11)3-5-9/h2-5,7H,6H2,1H3,(H2,12,13). The molecule has 0 heterocycles. The summed E-state index contributed by atoms with van der Waals surface area (Å²) in [5, 5.41) is 0. The van der Waals surface area contributed by atoms with E-state index in [1.54, 1.807) is 6.92 Å². The number of amides is 1. The number of carbonyl (C=O) groups excluding carboxylic acids is 1. The lowest BCUT2D eigenvalue weighted by molar-refractivity contribution is 0.0823. The third-order valence-electron chi connectivity index (χ3n) is 1.62. The molecule has 1 amide bonds. The van der Waals surface area contributed by atoms with Crippen LogP contribution in [0.4, 0.5) is 4.79 Å². The predicted octanol–water partition coefficient (Wildman–Crippen LogP) is 2.15. The summed E-state index contributed by atoms with van der Waals surface area (Å²) in [4.78, 5) is 10.4. The molecule has 0 radical (unpaired) electrons. The summed E-state index contributed by atoms with van der Waals surface area (Å²) in [7, 11) is 0. The lowest BCUT2D eigenvalue weighted by Gasteiger charge is -2.12. The first-order valence-electron chi connectivity index (χ1n) is 4.42. The van der Waals surface area contributed by atoms with Crippen LogP contribution in [0.3, 0.4) is 0 Å². The molecule has 0 aliphatic heterocycles. The van der Waals surface area contributed by atoms with Crippen LogP contribution in [0, 0.1) is 3.57 Å². The zero-order chi connectivity index (χ0) is 11.3. The van der Waals surface area contributed by atoms with Gasteiger partial charge in [-0.2, -0.15) is 0 Å². The molecule has 1 aromatic rings. The molecule has 82 valence electrons. The summed E-state index contributed by atoms with van der Waals surface area (Å²) in [6, 6.07) is 7.60. The van der Waals surface area contributed by atoms with Crippen LogP contribution in [0.15, 0.2) is 24.3 Å². The first-order chi connectivity index (χ1) is 7.08. The number of primary amides is 1. The number of carbonyl (C=O) groups is 1. The van der Waals surface area contributed by atoms with Crippen LogP contribution < -0.4 is 10.5 Å². The van der Waals surface area contributed by atoms with Gasteiger partial charge in [-0.3, -0.25) is 0 Å². The maximum atomic E-state index is 10.4. The zero-order valence-electron chi connectivity index (χ0n) is 8.27. The van der Waals surface area contributed by atoms with Crippen molar-refractivity contribution in [3.05, 3.63) is 27.8 Å². The molecule has 0 fully saturated rings. The van der Waals surface area contributed by atoms with E-state index in [0.29, 0.717) is 6.61 Å². The monoisotopic (exact) mass is 321 g/mol. The van der Waals surface area contributed by atoms with E-state index < -0.39 is 6.09 Å². The van der Waals surface area contributed by atoms with Gasteiger partial charge in [-0.25, -0.2) is 4.79 Å². The smallest absolute Gasteiger partial charge is 0.404 e. The van der Waals surface area contributed by atoms with Crippen molar-refractivity contribution in [3.8, 4) is 5.75 Å². The van der Waals surface area contributed by atoms with Crippen LogP contribution in [0.2, 0.25) is 0 Å². The number of halogens is 1. The van der Waals surface area contributed by atoms with Gasteiger partial charge in [-0.15, -0.1) is 0 Å². The maximum Gasteiger partial charge on any atom is 0.404 e. The molecule has 0 bridgehead atoms. The Morgan fingerprint density at radius 1 is 1.47 bits per heavy atom. The number of ether oxygens (including phenoxy) is 2. The molecule has 15 heavy (non-hydrogen) atoms. The normalized spacial score (nSPS) is 11.9. The summed E-state index contributed by atoms with van der Waals surface area (Å²) in [5.41, 5.74) is 4.86. The van der Waals surface area contributed by atoms with Crippen LogP contribution in [0.5, 0.6) is 5.75 Å². The molecular weight excluding hydrogens is 309 g/mol. The summed E-state index contributed by atoms with van der Waals surface area (Å²) in [6.07, 6.45) is -1.13. The second-order valence-corrected chi connectivity index (χ2v) is 4.26. The van der Waals surface area contributed by atoms with E-state index in [1.165, 1.54) is 0 Å². The van der Waals surface area contributed by atoms with E-state index in [9.17, 15) is 4.79 Å². The van der Waals surface area contributed by atoms with Crippen molar-refractivity contribution >= 4 is 28.7 Å². The Morgan fingerprint density at radius 3 is 2.60 bits per heavy atom. The lowest BCUT2D eigenvalue weighted by atomic mass is 10.3. The highest BCUT2D eigenvalue weighted by Gasteiger charge is 2.06. The predicted molar refractivity (Wildman–Crippen MR) is 64.8 cm³/mol. The Hall–Kier alpha value is -0.980. The molecule has 5 heteroatoms. The van der Waals surface area contributed by atoms with Crippen LogP contribution in [-0.2, 0) is 4.74 Å². The van der Waals surface area contributed by atoms with Crippen molar-refractivity contribution in [2.24, 2.45) is 5.73 Å². The van der Waals surface area contributed by atoms with Crippen molar-refractivity contribution in [1.82, 2.24) is 0 Å². The van der Waals surface area contributed by atoms with Gasteiger partial charge in [0.25, 0.3) is 0 Å². The SMILES string of the molecule is CC(COc1ccc(I)cc1)OC(N)=O. The van der Waals surface area contributed by atoms with Gasteiger partial charge in [-0.05, 0) is 53.8 Å². The number of rotatable bonds is 4. The van der Waals surface area contributed by atoms with Gasteiger partial charge in [0, 0.05) is 3.57 Å². The number of hydrogen-bond acceptors (Lipinski definition) is 3. The molecule has 2 N–H and O–H groups in total. The van der Waals surface area contributed by atoms with Gasteiger partial charge in [0.15, 0.2) is 0 Å². The van der Waals surface area contributed by atoms with E-state index in [2.05, 4.69) is 22.6 Å². The summed E-state index contributed by atoms with van der Waals surface area (Å²) in [6.45, 7) is 2.01. The molecule has 1 aromatic carbocycles. The van der Waals surface area contributed by atoms with E-state index in [4.69, 9.17) is 15.2 Å². The fourth-order valence-corrected chi connectivity index (χ4v) is 1.34. The molecule has 1 rings (SSSR count). The van der Waals surface area contributed by atoms with E-state index in [1.807, 2.05) is 24.3 Å².